The number of carbonyl (C=O) groups is 1. The van der Waals surface area contributed by atoms with Crippen LogP contribution in [-0.4, -0.2) is 12.6 Å². The molecular formula is C25H20ClNO3. The Bertz CT molecular complexity index is 1080. The highest BCUT2D eigenvalue weighted by Gasteiger charge is 2.07. The molecule has 0 fully saturated rings. The van der Waals surface area contributed by atoms with Crippen LogP contribution in [0, 0.1) is 11.3 Å². The average Bonchev–Trinajstić information content (AvgIpc) is 2.78. The molecule has 0 aliphatic rings. The number of ether oxygens (including phenoxy) is 2. The summed E-state index contributed by atoms with van der Waals surface area (Å²) in [5.41, 5.74) is 3.24. The van der Waals surface area contributed by atoms with Gasteiger partial charge in [0.05, 0.1) is 11.6 Å². The molecule has 0 saturated heterocycles. The van der Waals surface area contributed by atoms with E-state index in [0.717, 1.165) is 23.1 Å². The fraction of sp³-hybridized carbons (Fsp3) is 0.120. The number of esters is 1. The number of hydrogen-bond donors (Lipinski definition) is 0. The van der Waals surface area contributed by atoms with E-state index in [1.165, 1.54) is 0 Å². The third-order valence-electron chi connectivity index (χ3n) is 4.36. The van der Waals surface area contributed by atoms with Gasteiger partial charge < -0.3 is 9.47 Å². The summed E-state index contributed by atoms with van der Waals surface area (Å²) in [6.07, 6.45) is 2.66. The summed E-state index contributed by atoms with van der Waals surface area (Å²) >= 11 is 5.90. The number of halogens is 1. The van der Waals surface area contributed by atoms with Crippen molar-refractivity contribution in [3.63, 3.8) is 0 Å². The van der Waals surface area contributed by atoms with Crippen LogP contribution in [0.5, 0.6) is 11.5 Å². The smallest absolute Gasteiger partial charge is 0.349 e. The van der Waals surface area contributed by atoms with Gasteiger partial charge in [0, 0.05) is 5.02 Å². The van der Waals surface area contributed by atoms with Crippen molar-refractivity contribution in [3.05, 3.63) is 94.5 Å². The molecule has 0 bridgehead atoms. The average molecular weight is 418 g/mol. The number of allylic oxidation sites excluding steroid dienone is 1. The van der Waals surface area contributed by atoms with E-state index < -0.39 is 5.97 Å². The standard InChI is InChI=1S/C25H20ClNO3/c1-2-18-4-3-5-24(15-18)29-17-25(28)30-23-12-6-19(7-13-23)14-21(16-27)20-8-10-22(26)11-9-20/h3-15H,2,17H2,1H3/b21-14-. The van der Waals surface area contributed by atoms with E-state index in [1.807, 2.05) is 18.2 Å². The van der Waals surface area contributed by atoms with Crippen LogP contribution < -0.4 is 9.47 Å². The maximum atomic E-state index is 12.0. The second kappa shape index (κ2) is 10.3. The Morgan fingerprint density at radius 2 is 1.77 bits per heavy atom. The van der Waals surface area contributed by atoms with E-state index >= 15 is 0 Å². The number of rotatable bonds is 7. The largest absolute Gasteiger partial charge is 0.482 e. The zero-order chi connectivity index (χ0) is 21.3. The van der Waals surface area contributed by atoms with Crippen LogP contribution in [0.2, 0.25) is 5.02 Å². The van der Waals surface area contributed by atoms with Crippen molar-refractivity contribution in [2.24, 2.45) is 0 Å². The molecule has 0 atom stereocenters. The molecule has 3 rings (SSSR count). The number of benzene rings is 3. The lowest BCUT2D eigenvalue weighted by Crippen LogP contribution is -2.17. The number of aryl methyl sites for hydroxylation is 1. The summed E-state index contributed by atoms with van der Waals surface area (Å²) < 4.78 is 10.8. The highest BCUT2D eigenvalue weighted by Crippen LogP contribution is 2.21. The fourth-order valence-corrected chi connectivity index (χ4v) is 2.89. The van der Waals surface area contributed by atoms with Crippen molar-refractivity contribution in [2.45, 2.75) is 13.3 Å². The molecule has 0 heterocycles. The van der Waals surface area contributed by atoms with Gasteiger partial charge in [-0.1, -0.05) is 54.9 Å². The zero-order valence-corrected chi connectivity index (χ0v) is 17.2. The molecule has 150 valence electrons. The number of nitrogens with zero attached hydrogens (tertiary/aromatic N) is 1. The first-order valence-corrected chi connectivity index (χ1v) is 9.85. The van der Waals surface area contributed by atoms with Gasteiger partial charge in [-0.25, -0.2) is 4.79 Å². The monoisotopic (exact) mass is 417 g/mol. The minimum Gasteiger partial charge on any atom is -0.482 e. The SMILES string of the molecule is CCc1cccc(OCC(=O)Oc2ccc(/C=C(/C#N)c3ccc(Cl)cc3)cc2)c1. The predicted molar refractivity (Wildman–Crippen MR) is 118 cm³/mol. The summed E-state index contributed by atoms with van der Waals surface area (Å²) in [5.74, 6) is 0.560. The van der Waals surface area contributed by atoms with E-state index in [4.69, 9.17) is 21.1 Å². The van der Waals surface area contributed by atoms with Gasteiger partial charge in [-0.05, 0) is 65.6 Å². The third-order valence-corrected chi connectivity index (χ3v) is 4.61. The van der Waals surface area contributed by atoms with Gasteiger partial charge in [-0.3, -0.25) is 0 Å². The van der Waals surface area contributed by atoms with Gasteiger partial charge in [0.25, 0.3) is 0 Å². The van der Waals surface area contributed by atoms with Crippen LogP contribution >= 0.6 is 11.6 Å². The third kappa shape index (κ3) is 5.97. The normalized spacial score (nSPS) is 10.9. The first kappa shape index (κ1) is 21.2. The molecular weight excluding hydrogens is 398 g/mol. The lowest BCUT2D eigenvalue weighted by atomic mass is 10.0. The van der Waals surface area contributed by atoms with Crippen LogP contribution in [0.25, 0.3) is 11.6 Å². The van der Waals surface area contributed by atoms with Gasteiger partial charge in [-0.15, -0.1) is 0 Å². The topological polar surface area (TPSA) is 59.3 Å². The number of hydrogen-bond acceptors (Lipinski definition) is 4. The molecule has 30 heavy (non-hydrogen) atoms. The molecule has 5 heteroatoms. The number of nitriles is 1. The Hall–Kier alpha value is -3.55. The highest BCUT2D eigenvalue weighted by molar-refractivity contribution is 6.30. The van der Waals surface area contributed by atoms with E-state index in [-0.39, 0.29) is 6.61 Å². The highest BCUT2D eigenvalue weighted by atomic mass is 35.5. The first-order chi connectivity index (χ1) is 14.6. The van der Waals surface area contributed by atoms with Crippen molar-refractivity contribution >= 4 is 29.2 Å². The molecule has 0 amide bonds. The lowest BCUT2D eigenvalue weighted by Gasteiger charge is -2.08. The zero-order valence-electron chi connectivity index (χ0n) is 16.5. The molecule has 3 aromatic rings. The Balaban J connectivity index is 1.60. The van der Waals surface area contributed by atoms with Crippen LogP contribution in [0.1, 0.15) is 23.6 Å². The van der Waals surface area contributed by atoms with E-state index in [2.05, 4.69) is 13.0 Å². The van der Waals surface area contributed by atoms with E-state index in [0.29, 0.717) is 22.1 Å². The molecule has 0 saturated carbocycles. The Labute approximate surface area is 180 Å². The molecule has 3 aromatic carbocycles. The summed E-state index contributed by atoms with van der Waals surface area (Å²) in [7, 11) is 0. The van der Waals surface area contributed by atoms with Gasteiger partial charge in [0.1, 0.15) is 11.5 Å². The Kier molecular flexibility index (Phi) is 7.26. The van der Waals surface area contributed by atoms with Crippen LogP contribution in [0.3, 0.4) is 0 Å². The minimum absolute atomic E-state index is 0.177. The second-order valence-corrected chi connectivity index (χ2v) is 6.95. The van der Waals surface area contributed by atoms with Crippen molar-refractivity contribution in [3.8, 4) is 17.6 Å². The number of carbonyl (C=O) groups excluding carboxylic acids is 1. The van der Waals surface area contributed by atoms with Crippen molar-refractivity contribution in [2.75, 3.05) is 6.61 Å². The molecule has 4 nitrogen and oxygen atoms in total. The maximum Gasteiger partial charge on any atom is 0.349 e. The van der Waals surface area contributed by atoms with Crippen molar-refractivity contribution < 1.29 is 14.3 Å². The minimum atomic E-state index is -0.487. The second-order valence-electron chi connectivity index (χ2n) is 6.51. The molecule has 0 aliphatic heterocycles. The van der Waals surface area contributed by atoms with Gasteiger partial charge >= 0.3 is 5.97 Å². The molecule has 0 unspecified atom stereocenters. The van der Waals surface area contributed by atoms with Crippen molar-refractivity contribution in [1.82, 2.24) is 0 Å². The Morgan fingerprint density at radius 1 is 1.03 bits per heavy atom. The summed E-state index contributed by atoms with van der Waals surface area (Å²) in [5, 5.41) is 10.1. The molecule has 0 aromatic heterocycles. The first-order valence-electron chi connectivity index (χ1n) is 9.47. The lowest BCUT2D eigenvalue weighted by molar-refractivity contribution is -0.136. The van der Waals surface area contributed by atoms with Crippen LogP contribution in [-0.2, 0) is 11.2 Å². The van der Waals surface area contributed by atoms with Gasteiger partial charge in [0.15, 0.2) is 6.61 Å². The summed E-state index contributed by atoms with van der Waals surface area (Å²) in [6.45, 7) is 1.88. The van der Waals surface area contributed by atoms with Crippen LogP contribution in [0.4, 0.5) is 0 Å². The summed E-state index contributed by atoms with van der Waals surface area (Å²) in [6, 6.07) is 23.8. The maximum absolute atomic E-state index is 12.0. The predicted octanol–water partition coefficient (Wildman–Crippen LogP) is 5.95. The van der Waals surface area contributed by atoms with E-state index in [9.17, 15) is 10.1 Å². The quantitative estimate of drug-likeness (QED) is 0.206. The van der Waals surface area contributed by atoms with Crippen LogP contribution in [0.15, 0.2) is 72.8 Å². The van der Waals surface area contributed by atoms with Gasteiger partial charge in [0.2, 0.25) is 0 Å². The van der Waals surface area contributed by atoms with E-state index in [1.54, 1.807) is 60.7 Å². The summed E-state index contributed by atoms with van der Waals surface area (Å²) in [4.78, 5) is 12.0. The fourth-order valence-electron chi connectivity index (χ4n) is 2.77. The van der Waals surface area contributed by atoms with Gasteiger partial charge in [-0.2, -0.15) is 5.26 Å². The molecule has 0 spiro atoms. The molecule has 0 aliphatic carbocycles. The Morgan fingerprint density at radius 3 is 2.43 bits per heavy atom. The van der Waals surface area contributed by atoms with Crippen molar-refractivity contribution in [1.29, 1.82) is 5.26 Å². The molecule has 0 N–H and O–H groups in total. The molecule has 0 radical (unpaired) electrons.